The first-order chi connectivity index (χ1) is 9.85. The summed E-state index contributed by atoms with van der Waals surface area (Å²) in [7, 11) is -1.62. The number of rotatable bonds is 8. The zero-order chi connectivity index (χ0) is 16.0. The van der Waals surface area contributed by atoms with Gasteiger partial charge in [-0.3, -0.25) is 0 Å². The molecule has 0 aliphatic heterocycles. The maximum Gasteiger partial charge on any atom is 0.241 e. The smallest absolute Gasteiger partial charge is 0.241 e. The van der Waals surface area contributed by atoms with E-state index in [1.807, 2.05) is 46.9 Å². The van der Waals surface area contributed by atoms with Crippen molar-refractivity contribution in [2.24, 2.45) is 5.92 Å². The average molecular weight is 312 g/mol. The van der Waals surface area contributed by atoms with Crippen LogP contribution in [0, 0.1) is 5.92 Å². The topological polar surface area (TPSA) is 58.2 Å². The van der Waals surface area contributed by atoms with Crippen LogP contribution in [0.25, 0.3) is 0 Å². The fourth-order valence-electron chi connectivity index (χ4n) is 2.41. The van der Waals surface area contributed by atoms with E-state index in [2.05, 4.69) is 10.0 Å². The minimum Gasteiger partial charge on any atom is -0.316 e. The number of hydrogen-bond donors (Lipinski definition) is 2. The second-order valence-corrected chi connectivity index (χ2v) is 7.39. The highest BCUT2D eigenvalue weighted by atomic mass is 32.2. The summed E-state index contributed by atoms with van der Waals surface area (Å²) in [6, 6.07) is 5.64. The van der Waals surface area contributed by atoms with Gasteiger partial charge in [-0.05, 0) is 43.0 Å². The third kappa shape index (κ3) is 4.80. The van der Waals surface area contributed by atoms with Crippen LogP contribution < -0.4 is 10.0 Å². The minimum atomic E-state index is -3.48. The van der Waals surface area contributed by atoms with E-state index < -0.39 is 10.0 Å². The van der Waals surface area contributed by atoms with Crippen LogP contribution in [0.4, 0.5) is 0 Å². The average Bonchev–Trinajstić information content (AvgIpc) is 2.44. The molecule has 0 aliphatic carbocycles. The van der Waals surface area contributed by atoms with Gasteiger partial charge in [-0.15, -0.1) is 0 Å². The Balaban J connectivity index is 3.19. The quantitative estimate of drug-likeness (QED) is 0.776. The lowest BCUT2D eigenvalue weighted by Crippen LogP contribution is -2.38. The lowest BCUT2D eigenvalue weighted by atomic mass is 10.0. The molecule has 21 heavy (non-hydrogen) atoms. The highest BCUT2D eigenvalue weighted by Gasteiger charge is 2.23. The largest absolute Gasteiger partial charge is 0.316 e. The van der Waals surface area contributed by atoms with Gasteiger partial charge in [-0.25, -0.2) is 13.1 Å². The van der Waals surface area contributed by atoms with Crippen LogP contribution in [0.15, 0.2) is 23.1 Å². The molecule has 0 spiro atoms. The molecule has 0 heterocycles. The molecule has 1 rings (SSSR count). The second-order valence-electron chi connectivity index (χ2n) is 5.71. The van der Waals surface area contributed by atoms with Crippen molar-refractivity contribution in [3.05, 3.63) is 29.3 Å². The van der Waals surface area contributed by atoms with Crippen molar-refractivity contribution in [2.45, 2.75) is 58.0 Å². The summed E-state index contributed by atoms with van der Waals surface area (Å²) < 4.78 is 28.3. The number of hydrogen-bond acceptors (Lipinski definition) is 3. The van der Waals surface area contributed by atoms with Gasteiger partial charge < -0.3 is 5.32 Å². The summed E-state index contributed by atoms with van der Waals surface area (Å²) in [4.78, 5) is 0.414. The molecule has 0 amide bonds. The highest BCUT2D eigenvalue weighted by Crippen LogP contribution is 2.20. The Morgan fingerprint density at radius 2 is 1.86 bits per heavy atom. The van der Waals surface area contributed by atoms with E-state index in [0.29, 0.717) is 17.9 Å². The molecule has 1 atom stereocenters. The van der Waals surface area contributed by atoms with E-state index in [0.717, 1.165) is 17.5 Å². The van der Waals surface area contributed by atoms with Gasteiger partial charge in [0.25, 0.3) is 0 Å². The van der Waals surface area contributed by atoms with Crippen LogP contribution in [0.3, 0.4) is 0 Å². The fourth-order valence-corrected chi connectivity index (χ4v) is 4.24. The first-order valence-electron chi connectivity index (χ1n) is 7.64. The predicted molar refractivity (Wildman–Crippen MR) is 87.8 cm³/mol. The zero-order valence-corrected chi connectivity index (χ0v) is 14.5. The van der Waals surface area contributed by atoms with Crippen LogP contribution in [0.1, 0.15) is 45.2 Å². The number of sulfonamides is 1. The summed E-state index contributed by atoms with van der Waals surface area (Å²) in [5.41, 5.74) is 1.84. The first-order valence-corrected chi connectivity index (χ1v) is 9.12. The Morgan fingerprint density at radius 3 is 2.33 bits per heavy atom. The summed E-state index contributed by atoms with van der Waals surface area (Å²) in [5.74, 6) is 0.273. The van der Waals surface area contributed by atoms with Crippen LogP contribution in [0.5, 0.6) is 0 Å². The van der Waals surface area contributed by atoms with Crippen LogP contribution in [-0.2, 0) is 23.0 Å². The molecule has 4 nitrogen and oxygen atoms in total. The Labute approximate surface area is 129 Å². The van der Waals surface area contributed by atoms with Crippen molar-refractivity contribution in [3.8, 4) is 0 Å². The summed E-state index contributed by atoms with van der Waals surface area (Å²) in [5, 5.41) is 3.06. The van der Waals surface area contributed by atoms with Crippen molar-refractivity contribution >= 4 is 10.0 Å². The number of benzene rings is 1. The monoisotopic (exact) mass is 312 g/mol. The Morgan fingerprint density at radius 1 is 1.19 bits per heavy atom. The fraction of sp³-hybridized carbons (Fsp3) is 0.625. The van der Waals surface area contributed by atoms with Crippen LogP contribution >= 0.6 is 0 Å². The number of aryl methyl sites for hydroxylation is 1. The molecule has 120 valence electrons. The molecule has 0 aliphatic rings. The predicted octanol–water partition coefficient (Wildman–Crippen LogP) is 2.68. The Kier molecular flexibility index (Phi) is 6.84. The van der Waals surface area contributed by atoms with Gasteiger partial charge in [-0.1, -0.05) is 39.8 Å². The van der Waals surface area contributed by atoms with E-state index in [1.54, 1.807) is 6.07 Å². The van der Waals surface area contributed by atoms with Gasteiger partial charge in [-0.2, -0.15) is 0 Å². The van der Waals surface area contributed by atoms with Gasteiger partial charge in [0.05, 0.1) is 4.90 Å². The van der Waals surface area contributed by atoms with Gasteiger partial charge in [0.2, 0.25) is 10.0 Å². The molecular formula is C16H28N2O2S. The standard InChI is InChI=1S/C16H28N2O2S/c1-6-14-9-8-13(11-17-5)10-16(14)21(19,20)18-15(7-2)12(3)4/h8-10,12,15,17-18H,6-7,11H2,1-5H3. The van der Waals surface area contributed by atoms with Crippen molar-refractivity contribution in [2.75, 3.05) is 7.05 Å². The second kappa shape index (κ2) is 7.92. The molecule has 0 fully saturated rings. The summed E-state index contributed by atoms with van der Waals surface area (Å²) in [6.45, 7) is 8.72. The highest BCUT2D eigenvalue weighted by molar-refractivity contribution is 7.89. The molecule has 1 aromatic carbocycles. The molecule has 5 heteroatoms. The molecule has 2 N–H and O–H groups in total. The molecular weight excluding hydrogens is 284 g/mol. The Hall–Kier alpha value is -0.910. The molecule has 1 unspecified atom stereocenters. The summed E-state index contributed by atoms with van der Waals surface area (Å²) in [6.07, 6.45) is 1.49. The van der Waals surface area contributed by atoms with E-state index in [1.165, 1.54) is 0 Å². The first kappa shape index (κ1) is 18.1. The summed E-state index contributed by atoms with van der Waals surface area (Å²) >= 11 is 0. The van der Waals surface area contributed by atoms with Crippen molar-refractivity contribution in [3.63, 3.8) is 0 Å². The van der Waals surface area contributed by atoms with Crippen LogP contribution in [0.2, 0.25) is 0 Å². The molecule has 0 saturated heterocycles. The lowest BCUT2D eigenvalue weighted by Gasteiger charge is -2.22. The molecule has 0 bridgehead atoms. The van der Waals surface area contributed by atoms with Crippen molar-refractivity contribution in [1.29, 1.82) is 0 Å². The van der Waals surface area contributed by atoms with Gasteiger partial charge in [0.15, 0.2) is 0 Å². The number of nitrogens with one attached hydrogen (secondary N) is 2. The van der Waals surface area contributed by atoms with Gasteiger partial charge in [0.1, 0.15) is 0 Å². The Bertz CT molecular complexity index is 553. The third-order valence-corrected chi connectivity index (χ3v) is 5.31. The zero-order valence-electron chi connectivity index (χ0n) is 13.7. The minimum absolute atomic E-state index is 0.0346. The van der Waals surface area contributed by atoms with E-state index in [9.17, 15) is 8.42 Å². The molecule has 0 radical (unpaired) electrons. The third-order valence-electron chi connectivity index (χ3n) is 3.73. The van der Waals surface area contributed by atoms with Gasteiger partial charge in [0, 0.05) is 12.6 Å². The molecule has 0 aromatic heterocycles. The molecule has 1 aromatic rings. The van der Waals surface area contributed by atoms with E-state index >= 15 is 0 Å². The van der Waals surface area contributed by atoms with Crippen molar-refractivity contribution < 1.29 is 8.42 Å². The van der Waals surface area contributed by atoms with Crippen LogP contribution in [-0.4, -0.2) is 21.5 Å². The maximum atomic E-state index is 12.7. The SMILES string of the molecule is CCc1ccc(CNC)cc1S(=O)(=O)NC(CC)C(C)C. The normalized spacial score (nSPS) is 13.6. The van der Waals surface area contributed by atoms with Crippen molar-refractivity contribution in [1.82, 2.24) is 10.0 Å². The van der Waals surface area contributed by atoms with Gasteiger partial charge >= 0.3 is 0 Å². The van der Waals surface area contributed by atoms with E-state index in [4.69, 9.17) is 0 Å². The molecule has 0 saturated carbocycles. The van der Waals surface area contributed by atoms with E-state index in [-0.39, 0.29) is 12.0 Å². The lowest BCUT2D eigenvalue weighted by molar-refractivity contribution is 0.437. The maximum absolute atomic E-state index is 12.7.